The Balaban J connectivity index is 2.51. The van der Waals surface area contributed by atoms with Crippen LogP contribution in [-0.4, -0.2) is 4.57 Å². The third-order valence-corrected chi connectivity index (χ3v) is 2.65. The molecule has 2 rings (SSSR count). The summed E-state index contributed by atoms with van der Waals surface area (Å²) in [5.41, 5.74) is -2.50. The summed E-state index contributed by atoms with van der Waals surface area (Å²) in [6.07, 6.45) is -7.01. The molecule has 0 spiro atoms. The van der Waals surface area contributed by atoms with E-state index in [9.17, 15) is 26.3 Å². The van der Waals surface area contributed by atoms with E-state index < -0.39 is 29.2 Å². The monoisotopic (exact) mass is 308 g/mol. The van der Waals surface area contributed by atoms with Crippen molar-refractivity contribution in [2.24, 2.45) is 7.05 Å². The lowest BCUT2D eigenvalue weighted by molar-refractivity contribution is -0.142. The van der Waals surface area contributed by atoms with Gasteiger partial charge in [-0.3, -0.25) is 0 Å². The lowest BCUT2D eigenvalue weighted by Crippen LogP contribution is -2.11. The van der Waals surface area contributed by atoms with E-state index in [0.29, 0.717) is 18.2 Å². The number of halogens is 6. The minimum atomic E-state index is -4.83. The minimum absolute atomic E-state index is 0.0557. The fourth-order valence-corrected chi connectivity index (χ4v) is 1.63. The number of hydrogen-bond acceptors (Lipinski definition) is 1. The second kappa shape index (κ2) is 5.01. The van der Waals surface area contributed by atoms with Crippen molar-refractivity contribution < 1.29 is 31.1 Å². The van der Waals surface area contributed by atoms with Gasteiger partial charge < -0.3 is 9.30 Å². The number of benzene rings is 1. The molecule has 1 radical (unpaired) electrons. The van der Waals surface area contributed by atoms with Crippen LogP contribution in [0.4, 0.5) is 26.3 Å². The van der Waals surface area contributed by atoms with Crippen molar-refractivity contribution in [1.82, 2.24) is 4.57 Å². The molecule has 0 aliphatic rings. The number of ether oxygens (including phenoxy) is 1. The highest BCUT2D eigenvalue weighted by molar-refractivity contribution is 5.42. The fraction of sp³-hybridized carbons (Fsp3) is 0.231. The maximum atomic E-state index is 12.8. The quantitative estimate of drug-likeness (QED) is 0.736. The van der Waals surface area contributed by atoms with Crippen LogP contribution in [0.15, 0.2) is 30.3 Å². The highest BCUT2D eigenvalue weighted by Crippen LogP contribution is 2.41. The van der Waals surface area contributed by atoms with Gasteiger partial charge in [0, 0.05) is 13.1 Å². The van der Waals surface area contributed by atoms with Crippen LogP contribution in [-0.2, 0) is 19.4 Å². The van der Waals surface area contributed by atoms with Crippen LogP contribution in [0.1, 0.15) is 11.1 Å². The van der Waals surface area contributed by atoms with Crippen LogP contribution >= 0.6 is 0 Å². The Hall–Kier alpha value is -2.12. The van der Waals surface area contributed by atoms with Crippen molar-refractivity contribution in [3.05, 3.63) is 47.7 Å². The average molecular weight is 308 g/mol. The van der Waals surface area contributed by atoms with Gasteiger partial charge in [0.25, 0.3) is 0 Å². The molecular weight excluding hydrogens is 300 g/mol. The summed E-state index contributed by atoms with van der Waals surface area (Å²) in [6, 6.07) is 3.71. The van der Waals surface area contributed by atoms with E-state index in [4.69, 9.17) is 4.74 Å². The van der Waals surface area contributed by atoms with E-state index in [2.05, 4.69) is 6.20 Å². The molecule has 0 aliphatic heterocycles. The maximum Gasteiger partial charge on any atom is 0.419 e. The van der Waals surface area contributed by atoms with Crippen LogP contribution in [0, 0.1) is 6.20 Å². The molecule has 0 unspecified atom stereocenters. The third kappa shape index (κ3) is 3.32. The summed E-state index contributed by atoms with van der Waals surface area (Å²) < 4.78 is 82.5. The molecule has 1 heterocycles. The van der Waals surface area contributed by atoms with Gasteiger partial charge in [-0.25, -0.2) is 0 Å². The van der Waals surface area contributed by atoms with E-state index in [0.717, 1.165) is 0 Å². The van der Waals surface area contributed by atoms with Crippen molar-refractivity contribution in [3.8, 4) is 11.6 Å². The highest BCUT2D eigenvalue weighted by atomic mass is 19.4. The van der Waals surface area contributed by atoms with Crippen molar-refractivity contribution in [2.45, 2.75) is 12.4 Å². The van der Waals surface area contributed by atoms with E-state index in [-0.39, 0.29) is 5.88 Å². The van der Waals surface area contributed by atoms with Crippen LogP contribution in [0.3, 0.4) is 0 Å². The fourth-order valence-electron chi connectivity index (χ4n) is 1.63. The predicted molar refractivity (Wildman–Crippen MR) is 60.8 cm³/mol. The standard InChI is InChI=1S/C13H8F6NO/c1-20-6-2-3-11(20)21-10-7-8(12(14,15)16)4-5-9(10)13(17,18)19/h2-5,7H,1H3. The summed E-state index contributed by atoms with van der Waals surface area (Å²) in [7, 11) is 1.44. The Morgan fingerprint density at radius 1 is 1.00 bits per heavy atom. The topological polar surface area (TPSA) is 14.2 Å². The summed E-state index contributed by atoms with van der Waals surface area (Å²) in [4.78, 5) is 0. The normalized spacial score (nSPS) is 12.5. The van der Waals surface area contributed by atoms with E-state index in [1.54, 1.807) is 0 Å². The van der Waals surface area contributed by atoms with Crippen molar-refractivity contribution in [3.63, 3.8) is 0 Å². The van der Waals surface area contributed by atoms with Crippen molar-refractivity contribution in [1.29, 1.82) is 0 Å². The number of rotatable bonds is 2. The first-order chi connectivity index (χ1) is 9.59. The van der Waals surface area contributed by atoms with Crippen LogP contribution in [0.2, 0.25) is 0 Å². The first-order valence-electron chi connectivity index (χ1n) is 5.59. The Labute approximate surface area is 115 Å². The summed E-state index contributed by atoms with van der Waals surface area (Å²) >= 11 is 0. The van der Waals surface area contributed by atoms with Crippen molar-refractivity contribution in [2.75, 3.05) is 0 Å². The first kappa shape index (κ1) is 15.3. The molecular formula is C13H8F6NO. The second-order valence-electron chi connectivity index (χ2n) is 4.17. The van der Waals surface area contributed by atoms with Gasteiger partial charge in [-0.1, -0.05) is 0 Å². The number of aromatic nitrogens is 1. The molecule has 21 heavy (non-hydrogen) atoms. The zero-order valence-corrected chi connectivity index (χ0v) is 10.5. The molecule has 8 heteroatoms. The summed E-state index contributed by atoms with van der Waals surface area (Å²) in [5, 5.41) is 0. The number of aryl methyl sites for hydroxylation is 1. The Kier molecular flexibility index (Phi) is 3.65. The molecule has 2 nitrogen and oxygen atoms in total. The average Bonchev–Trinajstić information content (AvgIpc) is 2.72. The molecule has 0 fully saturated rings. The smallest absolute Gasteiger partial charge is 0.419 e. The van der Waals surface area contributed by atoms with Gasteiger partial charge in [0.15, 0.2) is 5.88 Å². The lowest BCUT2D eigenvalue weighted by atomic mass is 10.1. The molecule has 0 amide bonds. The molecule has 2 aromatic rings. The second-order valence-corrected chi connectivity index (χ2v) is 4.17. The predicted octanol–water partition coefficient (Wildman–Crippen LogP) is 4.66. The lowest BCUT2D eigenvalue weighted by Gasteiger charge is -2.16. The van der Waals surface area contributed by atoms with Crippen molar-refractivity contribution >= 4 is 0 Å². The Bertz CT molecular complexity index is 641. The zero-order valence-electron chi connectivity index (χ0n) is 10.5. The molecule has 1 aromatic carbocycles. The van der Waals surface area contributed by atoms with Gasteiger partial charge in [0.2, 0.25) is 0 Å². The Morgan fingerprint density at radius 3 is 2.14 bits per heavy atom. The van der Waals surface area contributed by atoms with Crippen LogP contribution in [0.25, 0.3) is 0 Å². The molecule has 0 saturated carbocycles. The molecule has 0 saturated heterocycles. The molecule has 0 bridgehead atoms. The van der Waals surface area contributed by atoms with Gasteiger partial charge in [-0.2, -0.15) is 26.3 Å². The van der Waals surface area contributed by atoms with E-state index in [1.165, 1.54) is 23.7 Å². The van der Waals surface area contributed by atoms with E-state index >= 15 is 0 Å². The number of alkyl halides is 6. The minimum Gasteiger partial charge on any atom is -0.440 e. The number of hydrogen-bond donors (Lipinski definition) is 0. The summed E-state index contributed by atoms with van der Waals surface area (Å²) in [6.45, 7) is 0. The molecule has 0 N–H and O–H groups in total. The highest BCUT2D eigenvalue weighted by Gasteiger charge is 2.38. The van der Waals surface area contributed by atoms with Gasteiger partial charge >= 0.3 is 12.4 Å². The van der Waals surface area contributed by atoms with Crippen LogP contribution in [0.5, 0.6) is 11.6 Å². The Morgan fingerprint density at radius 2 is 1.67 bits per heavy atom. The van der Waals surface area contributed by atoms with Crippen LogP contribution < -0.4 is 4.74 Å². The molecule has 0 atom stereocenters. The van der Waals surface area contributed by atoms with Gasteiger partial charge in [-0.05, 0) is 24.3 Å². The SMILES string of the molecule is Cn1[c]ccc1Oc1cc(C(F)(F)F)ccc1C(F)(F)F. The molecule has 113 valence electrons. The molecule has 1 aromatic heterocycles. The summed E-state index contributed by atoms with van der Waals surface area (Å²) in [5.74, 6) is -0.965. The van der Waals surface area contributed by atoms with E-state index in [1.807, 2.05) is 0 Å². The van der Waals surface area contributed by atoms with Gasteiger partial charge in [-0.15, -0.1) is 0 Å². The van der Waals surface area contributed by atoms with Gasteiger partial charge in [0.1, 0.15) is 5.75 Å². The maximum absolute atomic E-state index is 12.8. The third-order valence-electron chi connectivity index (χ3n) is 2.65. The first-order valence-corrected chi connectivity index (χ1v) is 5.59. The molecule has 0 aliphatic carbocycles. The zero-order chi connectivity index (χ0) is 15.8. The van der Waals surface area contributed by atoms with Gasteiger partial charge in [0.05, 0.1) is 17.3 Å². The number of nitrogens with zero attached hydrogens (tertiary/aromatic N) is 1. The largest absolute Gasteiger partial charge is 0.440 e.